The third-order valence-corrected chi connectivity index (χ3v) is 3.42. The second kappa shape index (κ2) is 7.74. The molecule has 0 aliphatic rings. The Labute approximate surface area is 103 Å². The van der Waals surface area contributed by atoms with Crippen LogP contribution in [0.3, 0.4) is 0 Å². The molecule has 0 bridgehead atoms. The maximum absolute atomic E-state index is 4.36. The van der Waals surface area contributed by atoms with Gasteiger partial charge in [-0.1, -0.05) is 6.92 Å². The van der Waals surface area contributed by atoms with Gasteiger partial charge in [0.05, 0.1) is 0 Å². The first-order chi connectivity index (χ1) is 7.77. The van der Waals surface area contributed by atoms with Gasteiger partial charge in [-0.15, -0.1) is 0 Å². The van der Waals surface area contributed by atoms with Gasteiger partial charge in [-0.25, -0.2) is 4.98 Å². The van der Waals surface area contributed by atoms with E-state index in [1.54, 1.807) is 0 Å². The molecule has 0 saturated heterocycles. The van der Waals surface area contributed by atoms with Crippen LogP contribution in [0.2, 0.25) is 0 Å². The molecule has 0 fully saturated rings. The molecular weight excluding hydrogens is 218 g/mol. The summed E-state index contributed by atoms with van der Waals surface area (Å²) in [7, 11) is 2.06. The van der Waals surface area contributed by atoms with Crippen molar-refractivity contribution >= 4 is 11.8 Å². The van der Waals surface area contributed by atoms with E-state index in [2.05, 4.69) is 35.1 Å². The van der Waals surface area contributed by atoms with E-state index in [0.29, 0.717) is 6.04 Å². The number of aromatic nitrogens is 2. The molecule has 1 unspecified atom stereocenters. The minimum Gasteiger partial charge on any atom is -0.338 e. The Kier molecular flexibility index (Phi) is 6.57. The monoisotopic (exact) mass is 241 g/mol. The van der Waals surface area contributed by atoms with Crippen LogP contribution in [-0.2, 0) is 13.5 Å². The number of aryl methyl sites for hydroxylation is 2. The zero-order chi connectivity index (χ0) is 11.8. The van der Waals surface area contributed by atoms with Gasteiger partial charge >= 0.3 is 0 Å². The third-order valence-electron chi connectivity index (χ3n) is 2.69. The molecule has 0 radical (unpaired) electrons. The summed E-state index contributed by atoms with van der Waals surface area (Å²) in [4.78, 5) is 4.36. The Morgan fingerprint density at radius 3 is 2.94 bits per heavy atom. The van der Waals surface area contributed by atoms with Gasteiger partial charge in [0.25, 0.3) is 0 Å². The number of imidazole rings is 1. The minimum atomic E-state index is 0.617. The molecule has 0 saturated carbocycles. The summed E-state index contributed by atoms with van der Waals surface area (Å²) in [5.41, 5.74) is 0. The van der Waals surface area contributed by atoms with E-state index in [1.165, 1.54) is 24.4 Å². The number of nitrogens with zero attached hydrogens (tertiary/aromatic N) is 2. The molecule has 4 heteroatoms. The van der Waals surface area contributed by atoms with Crippen molar-refractivity contribution in [1.82, 2.24) is 14.9 Å². The summed E-state index contributed by atoms with van der Waals surface area (Å²) in [5.74, 6) is 2.37. The number of thioether (sulfide) groups is 1. The lowest BCUT2D eigenvalue weighted by Gasteiger charge is -2.17. The highest BCUT2D eigenvalue weighted by molar-refractivity contribution is 7.98. The Balaban J connectivity index is 2.34. The zero-order valence-corrected chi connectivity index (χ0v) is 11.4. The second-order valence-electron chi connectivity index (χ2n) is 4.10. The van der Waals surface area contributed by atoms with Crippen LogP contribution in [0.5, 0.6) is 0 Å². The van der Waals surface area contributed by atoms with Crippen molar-refractivity contribution in [2.75, 3.05) is 18.6 Å². The number of hydrogen-bond acceptors (Lipinski definition) is 3. The highest BCUT2D eigenvalue weighted by Crippen LogP contribution is 2.06. The molecule has 1 rings (SSSR count). The van der Waals surface area contributed by atoms with Gasteiger partial charge in [0.15, 0.2) is 0 Å². The predicted octanol–water partition coefficient (Wildman–Crippen LogP) is 2.08. The lowest BCUT2D eigenvalue weighted by molar-refractivity contribution is 0.511. The normalized spacial score (nSPS) is 12.9. The summed E-state index contributed by atoms with van der Waals surface area (Å²) < 4.78 is 2.11. The molecule has 92 valence electrons. The molecule has 0 aliphatic carbocycles. The molecule has 1 heterocycles. The molecule has 0 aliphatic heterocycles. The average Bonchev–Trinajstić information content (AvgIpc) is 2.68. The van der Waals surface area contributed by atoms with Crippen molar-refractivity contribution < 1.29 is 0 Å². The first-order valence-electron chi connectivity index (χ1n) is 5.96. The Bertz CT molecular complexity index is 286. The fourth-order valence-electron chi connectivity index (χ4n) is 1.73. The number of hydrogen-bond donors (Lipinski definition) is 1. The maximum atomic E-state index is 4.36. The zero-order valence-electron chi connectivity index (χ0n) is 10.6. The van der Waals surface area contributed by atoms with Gasteiger partial charge in [-0.05, 0) is 25.6 Å². The summed E-state index contributed by atoms with van der Waals surface area (Å²) in [6, 6.07) is 0.617. The molecule has 1 aromatic heterocycles. The smallest absolute Gasteiger partial charge is 0.108 e. The van der Waals surface area contributed by atoms with Crippen LogP contribution in [0.15, 0.2) is 12.4 Å². The van der Waals surface area contributed by atoms with Crippen LogP contribution in [0.25, 0.3) is 0 Å². The van der Waals surface area contributed by atoms with Gasteiger partial charge in [-0.2, -0.15) is 11.8 Å². The van der Waals surface area contributed by atoms with Gasteiger partial charge in [0.1, 0.15) is 5.82 Å². The summed E-state index contributed by atoms with van der Waals surface area (Å²) in [5, 5.41) is 3.59. The molecule has 1 atom stereocenters. The van der Waals surface area contributed by atoms with Crippen LogP contribution >= 0.6 is 11.8 Å². The molecule has 1 N–H and O–H groups in total. The topological polar surface area (TPSA) is 29.9 Å². The van der Waals surface area contributed by atoms with E-state index in [-0.39, 0.29) is 0 Å². The second-order valence-corrected chi connectivity index (χ2v) is 5.01. The van der Waals surface area contributed by atoms with E-state index < -0.39 is 0 Å². The Morgan fingerprint density at radius 1 is 1.56 bits per heavy atom. The highest BCUT2D eigenvalue weighted by Gasteiger charge is 2.08. The van der Waals surface area contributed by atoms with E-state index in [1.807, 2.05) is 24.2 Å². The van der Waals surface area contributed by atoms with E-state index in [0.717, 1.165) is 13.0 Å². The molecule has 1 aromatic rings. The van der Waals surface area contributed by atoms with Crippen molar-refractivity contribution in [2.24, 2.45) is 7.05 Å². The first kappa shape index (κ1) is 13.6. The van der Waals surface area contributed by atoms with Crippen LogP contribution in [0.4, 0.5) is 0 Å². The molecule has 16 heavy (non-hydrogen) atoms. The number of nitrogens with one attached hydrogen (secondary N) is 1. The summed E-state index contributed by atoms with van der Waals surface area (Å²) in [6.45, 7) is 3.33. The summed E-state index contributed by atoms with van der Waals surface area (Å²) in [6.07, 6.45) is 9.49. The molecule has 0 aromatic carbocycles. The van der Waals surface area contributed by atoms with Crippen LogP contribution in [0, 0.1) is 0 Å². The lowest BCUT2D eigenvalue weighted by Crippen LogP contribution is -2.32. The minimum absolute atomic E-state index is 0.617. The van der Waals surface area contributed by atoms with E-state index >= 15 is 0 Å². The largest absolute Gasteiger partial charge is 0.338 e. The fraction of sp³-hybridized carbons (Fsp3) is 0.750. The molecular formula is C12H23N3S. The predicted molar refractivity (Wildman–Crippen MR) is 72.0 cm³/mol. The lowest BCUT2D eigenvalue weighted by atomic mass is 10.1. The van der Waals surface area contributed by atoms with E-state index in [9.17, 15) is 0 Å². The average molecular weight is 241 g/mol. The Morgan fingerprint density at radius 2 is 2.38 bits per heavy atom. The van der Waals surface area contributed by atoms with E-state index in [4.69, 9.17) is 0 Å². The van der Waals surface area contributed by atoms with Gasteiger partial charge in [-0.3, -0.25) is 0 Å². The van der Waals surface area contributed by atoms with Crippen molar-refractivity contribution in [3.63, 3.8) is 0 Å². The first-order valence-corrected chi connectivity index (χ1v) is 7.35. The Hall–Kier alpha value is -0.480. The molecule has 0 amide bonds. The van der Waals surface area contributed by atoms with Crippen LogP contribution < -0.4 is 5.32 Å². The summed E-state index contributed by atoms with van der Waals surface area (Å²) >= 11 is 1.91. The highest BCUT2D eigenvalue weighted by atomic mass is 32.2. The SMILES string of the molecule is CCCNC(CCc1nccn1C)CSC. The van der Waals surface area contributed by atoms with Gasteiger partial charge < -0.3 is 9.88 Å². The van der Waals surface area contributed by atoms with Crippen molar-refractivity contribution in [3.8, 4) is 0 Å². The number of rotatable bonds is 8. The van der Waals surface area contributed by atoms with Crippen LogP contribution in [0.1, 0.15) is 25.6 Å². The van der Waals surface area contributed by atoms with Crippen molar-refractivity contribution in [3.05, 3.63) is 18.2 Å². The van der Waals surface area contributed by atoms with Crippen molar-refractivity contribution in [2.45, 2.75) is 32.2 Å². The standard InChI is InChI=1S/C12H23N3S/c1-4-7-13-11(10-16-3)5-6-12-14-8-9-15(12)2/h8-9,11,13H,4-7,10H2,1-3H3. The molecule has 0 spiro atoms. The van der Waals surface area contributed by atoms with Gasteiger partial charge in [0.2, 0.25) is 0 Å². The third kappa shape index (κ3) is 4.58. The fourth-order valence-corrected chi connectivity index (χ4v) is 2.42. The maximum Gasteiger partial charge on any atom is 0.108 e. The van der Waals surface area contributed by atoms with Crippen LogP contribution in [-0.4, -0.2) is 34.1 Å². The molecule has 3 nitrogen and oxygen atoms in total. The quantitative estimate of drug-likeness (QED) is 0.756. The van der Waals surface area contributed by atoms with Gasteiger partial charge in [0, 0.05) is 37.7 Å². The van der Waals surface area contributed by atoms with Crippen molar-refractivity contribution in [1.29, 1.82) is 0 Å².